The molecule has 0 fully saturated rings. The lowest BCUT2D eigenvalue weighted by Gasteiger charge is -2.23. The third-order valence-electron chi connectivity index (χ3n) is 2.70. The van der Waals surface area contributed by atoms with E-state index in [1.54, 1.807) is 18.4 Å². The zero-order valence-corrected chi connectivity index (χ0v) is 11.6. The van der Waals surface area contributed by atoms with Crippen molar-refractivity contribution >= 4 is 22.1 Å². The second-order valence-corrected chi connectivity index (χ2v) is 7.45. The molecule has 92 valence electrons. The molecule has 0 radical (unpaired) electrons. The first kappa shape index (κ1) is 13.4. The molecule has 1 aromatic heterocycles. The molecule has 0 saturated heterocycles. The molecular formula is C9H17N3O2S2. The summed E-state index contributed by atoms with van der Waals surface area (Å²) in [7, 11) is -3.13. The minimum absolute atomic E-state index is 0.324. The van der Waals surface area contributed by atoms with E-state index in [1.807, 2.05) is 6.92 Å². The zero-order chi connectivity index (χ0) is 12.6. The Balaban J connectivity index is 3.15. The Labute approximate surface area is 101 Å². The number of hydrogen-bond acceptors (Lipinski definition) is 4. The first-order valence-electron chi connectivity index (χ1n) is 5.02. The van der Waals surface area contributed by atoms with E-state index in [4.69, 9.17) is 12.2 Å². The molecule has 0 aliphatic heterocycles. The number of nitrogens with zero attached hydrogens (tertiary/aromatic N) is 2. The van der Waals surface area contributed by atoms with Crippen molar-refractivity contribution < 1.29 is 8.42 Å². The Kier molecular flexibility index (Phi) is 3.59. The molecule has 0 aromatic carbocycles. The van der Waals surface area contributed by atoms with Gasteiger partial charge in [0.1, 0.15) is 5.82 Å². The molecule has 1 aromatic rings. The van der Waals surface area contributed by atoms with E-state index >= 15 is 0 Å². The molecule has 0 aliphatic carbocycles. The van der Waals surface area contributed by atoms with Gasteiger partial charge in [-0.1, -0.05) is 6.92 Å². The SMILES string of the molecule is CCc1n[nH]c(=S)n1CC(C)(C)S(C)(=O)=O. The lowest BCUT2D eigenvalue weighted by molar-refractivity contribution is 0.491. The van der Waals surface area contributed by atoms with Crippen molar-refractivity contribution in [3.8, 4) is 0 Å². The third kappa shape index (κ3) is 2.52. The molecular weight excluding hydrogens is 246 g/mol. The predicted octanol–water partition coefficient (Wildman–Crippen LogP) is 1.33. The number of aromatic nitrogens is 3. The van der Waals surface area contributed by atoms with Gasteiger partial charge in [-0.15, -0.1) is 0 Å². The van der Waals surface area contributed by atoms with E-state index in [9.17, 15) is 8.42 Å². The molecule has 7 heteroatoms. The molecule has 0 atom stereocenters. The summed E-state index contributed by atoms with van der Waals surface area (Å²) in [5, 5.41) is 6.73. The Morgan fingerprint density at radius 1 is 1.50 bits per heavy atom. The van der Waals surface area contributed by atoms with Crippen molar-refractivity contribution in [1.82, 2.24) is 14.8 Å². The van der Waals surface area contributed by atoms with E-state index in [0.717, 1.165) is 5.82 Å². The van der Waals surface area contributed by atoms with E-state index < -0.39 is 14.6 Å². The molecule has 0 bridgehead atoms. The van der Waals surface area contributed by atoms with Gasteiger partial charge in [0.15, 0.2) is 14.6 Å². The fraction of sp³-hybridized carbons (Fsp3) is 0.778. The second kappa shape index (κ2) is 4.29. The van der Waals surface area contributed by atoms with E-state index in [-0.39, 0.29) is 0 Å². The quantitative estimate of drug-likeness (QED) is 0.832. The number of aryl methyl sites for hydroxylation is 1. The smallest absolute Gasteiger partial charge is 0.195 e. The fourth-order valence-corrected chi connectivity index (χ4v) is 1.86. The van der Waals surface area contributed by atoms with Gasteiger partial charge < -0.3 is 4.57 Å². The van der Waals surface area contributed by atoms with Crippen molar-refractivity contribution in [1.29, 1.82) is 0 Å². The van der Waals surface area contributed by atoms with Crippen LogP contribution in [0.25, 0.3) is 0 Å². The summed E-state index contributed by atoms with van der Waals surface area (Å²) >= 11 is 5.08. The number of aromatic amines is 1. The Morgan fingerprint density at radius 3 is 2.50 bits per heavy atom. The predicted molar refractivity (Wildman–Crippen MR) is 65.7 cm³/mol. The monoisotopic (exact) mass is 263 g/mol. The Hall–Kier alpha value is -0.690. The van der Waals surface area contributed by atoms with Crippen molar-refractivity contribution in [2.75, 3.05) is 6.26 Å². The highest BCUT2D eigenvalue weighted by atomic mass is 32.2. The first-order valence-corrected chi connectivity index (χ1v) is 7.32. The second-order valence-electron chi connectivity index (χ2n) is 4.42. The molecule has 0 amide bonds. The molecule has 0 aliphatic rings. The van der Waals surface area contributed by atoms with Gasteiger partial charge >= 0.3 is 0 Å². The number of sulfone groups is 1. The van der Waals surface area contributed by atoms with Crippen LogP contribution in [0.2, 0.25) is 0 Å². The molecule has 0 spiro atoms. The maximum Gasteiger partial charge on any atom is 0.195 e. The number of H-pyrrole nitrogens is 1. The van der Waals surface area contributed by atoms with Gasteiger partial charge in [0, 0.05) is 19.2 Å². The van der Waals surface area contributed by atoms with Gasteiger partial charge in [0.25, 0.3) is 0 Å². The van der Waals surface area contributed by atoms with E-state index in [1.165, 1.54) is 6.26 Å². The number of rotatable bonds is 4. The normalized spacial score (nSPS) is 13.0. The topological polar surface area (TPSA) is 67.8 Å². The Morgan fingerprint density at radius 2 is 2.06 bits per heavy atom. The first-order chi connectivity index (χ1) is 7.19. The van der Waals surface area contributed by atoms with Crippen LogP contribution in [0.1, 0.15) is 26.6 Å². The van der Waals surface area contributed by atoms with Gasteiger partial charge in [-0.3, -0.25) is 5.10 Å². The summed E-state index contributed by atoms with van der Waals surface area (Å²) in [5.74, 6) is 0.779. The summed E-state index contributed by atoms with van der Waals surface area (Å²) in [5.41, 5.74) is 0. The van der Waals surface area contributed by atoms with Crippen LogP contribution >= 0.6 is 12.2 Å². The van der Waals surface area contributed by atoms with Crippen molar-refractivity contribution in [3.63, 3.8) is 0 Å². The third-order valence-corrected chi connectivity index (χ3v) is 5.14. The molecule has 0 saturated carbocycles. The van der Waals surface area contributed by atoms with E-state index in [2.05, 4.69) is 10.2 Å². The van der Waals surface area contributed by atoms with Crippen LogP contribution in [-0.4, -0.2) is 34.2 Å². The van der Waals surface area contributed by atoms with Crippen LogP contribution in [0.15, 0.2) is 0 Å². The van der Waals surface area contributed by atoms with Crippen molar-refractivity contribution in [3.05, 3.63) is 10.6 Å². The molecule has 0 unspecified atom stereocenters. The number of nitrogens with one attached hydrogen (secondary N) is 1. The summed E-state index contributed by atoms with van der Waals surface area (Å²) in [6.45, 7) is 5.66. The highest BCUT2D eigenvalue weighted by Crippen LogP contribution is 2.18. The summed E-state index contributed by atoms with van der Waals surface area (Å²) < 4.78 is 24.6. The fourth-order valence-electron chi connectivity index (χ4n) is 1.28. The maximum atomic E-state index is 11.6. The average Bonchev–Trinajstić information content (AvgIpc) is 2.45. The lowest BCUT2D eigenvalue weighted by Crippen LogP contribution is -2.36. The lowest BCUT2D eigenvalue weighted by atomic mass is 10.2. The van der Waals surface area contributed by atoms with Gasteiger partial charge in [0.2, 0.25) is 0 Å². The highest BCUT2D eigenvalue weighted by Gasteiger charge is 2.31. The summed E-state index contributed by atoms with van der Waals surface area (Å²) in [6.07, 6.45) is 1.95. The van der Waals surface area contributed by atoms with Crippen LogP contribution in [-0.2, 0) is 22.8 Å². The van der Waals surface area contributed by atoms with Crippen LogP contribution in [0.4, 0.5) is 0 Å². The van der Waals surface area contributed by atoms with Crippen LogP contribution in [0.3, 0.4) is 0 Å². The standard InChI is InChI=1S/C9H17N3O2S2/c1-5-7-10-11-8(15)12(7)6-9(2,3)16(4,13)14/h5-6H2,1-4H3,(H,11,15). The average molecular weight is 263 g/mol. The molecule has 1 rings (SSSR count). The largest absolute Gasteiger partial charge is 0.303 e. The van der Waals surface area contributed by atoms with Gasteiger partial charge in [-0.25, -0.2) is 8.42 Å². The van der Waals surface area contributed by atoms with Gasteiger partial charge in [0.05, 0.1) is 4.75 Å². The minimum atomic E-state index is -3.13. The molecule has 1 N–H and O–H groups in total. The molecule has 5 nitrogen and oxygen atoms in total. The van der Waals surface area contributed by atoms with Crippen LogP contribution < -0.4 is 0 Å². The Bertz CT molecular complexity index is 525. The summed E-state index contributed by atoms with van der Waals surface area (Å²) in [4.78, 5) is 0. The van der Waals surface area contributed by atoms with Crippen molar-refractivity contribution in [2.24, 2.45) is 0 Å². The highest BCUT2D eigenvalue weighted by molar-refractivity contribution is 7.92. The minimum Gasteiger partial charge on any atom is -0.303 e. The maximum absolute atomic E-state index is 11.6. The van der Waals surface area contributed by atoms with Crippen molar-refractivity contribution in [2.45, 2.75) is 38.5 Å². The van der Waals surface area contributed by atoms with E-state index in [0.29, 0.717) is 17.7 Å². The number of hydrogen-bond donors (Lipinski definition) is 1. The molecule has 1 heterocycles. The summed E-state index contributed by atoms with van der Waals surface area (Å²) in [6, 6.07) is 0. The van der Waals surface area contributed by atoms with Crippen LogP contribution in [0, 0.1) is 4.77 Å². The molecule has 16 heavy (non-hydrogen) atoms. The van der Waals surface area contributed by atoms with Gasteiger partial charge in [-0.2, -0.15) is 5.10 Å². The van der Waals surface area contributed by atoms with Crippen LogP contribution in [0.5, 0.6) is 0 Å². The van der Waals surface area contributed by atoms with Gasteiger partial charge in [-0.05, 0) is 26.1 Å². The zero-order valence-electron chi connectivity index (χ0n) is 9.94.